The van der Waals surface area contributed by atoms with Gasteiger partial charge in [0.05, 0.1) is 57.4 Å². The van der Waals surface area contributed by atoms with E-state index in [4.69, 9.17) is 42.6 Å². The van der Waals surface area contributed by atoms with E-state index in [0.717, 1.165) is 22.3 Å². The number of nitrogens with one attached hydrogen (secondary N) is 1. The minimum absolute atomic E-state index is 0.0738. The molecule has 0 radical (unpaired) electrons. The number of hydrogen-bond acceptors (Lipinski definition) is 6. The molecule has 11 heteroatoms. The van der Waals surface area contributed by atoms with Gasteiger partial charge in [-0.25, -0.2) is 18.9 Å². The summed E-state index contributed by atoms with van der Waals surface area (Å²) in [5, 5.41) is 0.949. The summed E-state index contributed by atoms with van der Waals surface area (Å²) in [5.74, 6) is 1.24. The summed E-state index contributed by atoms with van der Waals surface area (Å²) in [5.41, 5.74) is 5.73. The Morgan fingerprint density at radius 2 is 1.17 bits per heavy atom. The average molecular weight is 783 g/mol. The highest BCUT2D eigenvalue weighted by Gasteiger charge is 2.28. The number of halogens is 2. The molecular formula is C41H49Cl2N3O4S2. The highest BCUT2D eigenvalue weighted by Crippen LogP contribution is 2.43. The molecule has 2 aromatic heterocycles. The molecule has 4 aromatic rings. The topological polar surface area (TPSA) is 90.4 Å². The summed E-state index contributed by atoms with van der Waals surface area (Å²) in [6.07, 6.45) is 4.78. The van der Waals surface area contributed by atoms with Crippen LogP contribution in [0.5, 0.6) is 11.8 Å². The fraction of sp³-hybridized carbons (Fsp3) is 0.366. The molecule has 7 nitrogen and oxygen atoms in total. The lowest BCUT2D eigenvalue weighted by Crippen LogP contribution is -2.35. The number of rotatable bonds is 15. The van der Waals surface area contributed by atoms with E-state index in [1.807, 2.05) is 108 Å². The summed E-state index contributed by atoms with van der Waals surface area (Å²) in [7, 11) is 0.756. The van der Waals surface area contributed by atoms with Crippen LogP contribution in [0.15, 0.2) is 86.0 Å². The van der Waals surface area contributed by atoms with E-state index in [1.165, 1.54) is 0 Å². The van der Waals surface area contributed by atoms with Crippen LogP contribution in [0.25, 0.3) is 33.6 Å². The van der Waals surface area contributed by atoms with Crippen molar-refractivity contribution in [2.45, 2.75) is 75.8 Å². The second-order valence-corrected chi connectivity index (χ2v) is 19.3. The first-order chi connectivity index (χ1) is 24.5. The Hall–Kier alpha value is -3.34. The predicted molar refractivity (Wildman–Crippen MR) is 220 cm³/mol. The van der Waals surface area contributed by atoms with Crippen molar-refractivity contribution in [2.24, 2.45) is 0 Å². The first-order valence-electron chi connectivity index (χ1n) is 17.0. The van der Waals surface area contributed by atoms with Crippen LogP contribution in [0.1, 0.15) is 77.5 Å². The van der Waals surface area contributed by atoms with Gasteiger partial charge >= 0.3 is 0 Å². The number of methoxy groups -OCH3 is 2. The van der Waals surface area contributed by atoms with Crippen molar-refractivity contribution in [3.05, 3.63) is 107 Å². The van der Waals surface area contributed by atoms with Gasteiger partial charge in [0.25, 0.3) is 0 Å². The maximum atomic E-state index is 13.1. The van der Waals surface area contributed by atoms with Crippen LogP contribution < -0.4 is 14.2 Å². The molecule has 2 aromatic carbocycles. The van der Waals surface area contributed by atoms with E-state index >= 15 is 0 Å². The average Bonchev–Trinajstić information content (AvgIpc) is 3.10. The number of ether oxygens (including phenoxy) is 2. The van der Waals surface area contributed by atoms with E-state index in [-0.39, 0.29) is 16.7 Å². The van der Waals surface area contributed by atoms with Crippen molar-refractivity contribution in [1.29, 1.82) is 0 Å². The zero-order valence-corrected chi connectivity index (χ0v) is 34.4. The standard InChI is InChI=1S/C41H49Cl2N3O4S2/c1-11-15-26(25-51(47)40(3,4)5)27-21-23-33(44-38(27)49-9)30-19-13-17-28(36(30)42)29-18-14-20-31(37(29)43)34-24-22-32(39(45-34)50-10)35(16-12-2)46-52(48)41(6,7)8/h11-14,17-24,26,35,46H,1-2,15-16,25H2,3-10H3/t26-,35+,51+,52-/m1/s1. The number of nitrogens with zero attached hydrogens (tertiary/aromatic N) is 2. The van der Waals surface area contributed by atoms with Crippen molar-refractivity contribution >= 4 is 45.0 Å². The molecule has 0 aliphatic carbocycles. The molecular weight excluding hydrogens is 734 g/mol. The molecule has 0 spiro atoms. The Bertz CT molecular complexity index is 1830. The lowest BCUT2D eigenvalue weighted by Gasteiger charge is -2.25. The van der Waals surface area contributed by atoms with Gasteiger partial charge in [-0.1, -0.05) is 77.8 Å². The molecule has 278 valence electrons. The highest BCUT2D eigenvalue weighted by molar-refractivity contribution is 7.86. The molecule has 0 bridgehead atoms. The van der Waals surface area contributed by atoms with Crippen LogP contribution in [0.3, 0.4) is 0 Å². The third kappa shape index (κ3) is 9.60. The summed E-state index contributed by atoms with van der Waals surface area (Å²) < 4.78 is 40.0. The number of benzene rings is 2. The Balaban J connectivity index is 1.73. The monoisotopic (exact) mass is 781 g/mol. The van der Waals surface area contributed by atoms with Gasteiger partial charge in [-0.3, -0.25) is 4.21 Å². The van der Waals surface area contributed by atoms with Crippen LogP contribution in [0.2, 0.25) is 10.0 Å². The van der Waals surface area contributed by atoms with Crippen molar-refractivity contribution in [3.8, 4) is 45.4 Å². The molecule has 52 heavy (non-hydrogen) atoms. The van der Waals surface area contributed by atoms with Crippen molar-refractivity contribution < 1.29 is 17.9 Å². The van der Waals surface area contributed by atoms with Gasteiger partial charge in [-0.2, -0.15) is 0 Å². The van der Waals surface area contributed by atoms with Gasteiger partial charge in [-0.05, 0) is 72.6 Å². The van der Waals surface area contributed by atoms with E-state index in [2.05, 4.69) is 17.9 Å². The van der Waals surface area contributed by atoms with Gasteiger partial charge in [0, 0.05) is 60.6 Å². The molecule has 0 aliphatic heterocycles. The normalized spacial score (nSPS) is 14.3. The van der Waals surface area contributed by atoms with Crippen LogP contribution in [-0.2, 0) is 21.8 Å². The second kappa shape index (κ2) is 17.7. The maximum Gasteiger partial charge on any atom is 0.218 e. The Kier molecular flexibility index (Phi) is 14.1. The summed E-state index contributed by atoms with van der Waals surface area (Å²) in [4.78, 5) is 9.72. The Morgan fingerprint density at radius 1 is 0.712 bits per heavy atom. The second-order valence-electron chi connectivity index (χ2n) is 14.3. The van der Waals surface area contributed by atoms with Crippen molar-refractivity contribution in [2.75, 3.05) is 20.0 Å². The highest BCUT2D eigenvalue weighted by atomic mass is 35.5. The third-order valence-electron chi connectivity index (χ3n) is 8.52. The van der Waals surface area contributed by atoms with E-state index < -0.39 is 26.5 Å². The van der Waals surface area contributed by atoms with Gasteiger partial charge in [-0.15, -0.1) is 13.2 Å². The first-order valence-corrected chi connectivity index (χ1v) is 20.2. The number of aromatic nitrogens is 2. The quantitative estimate of drug-likeness (QED) is 0.121. The van der Waals surface area contributed by atoms with Crippen LogP contribution in [0, 0.1) is 0 Å². The van der Waals surface area contributed by atoms with Gasteiger partial charge in [0.1, 0.15) is 0 Å². The minimum atomic E-state index is -1.32. The first kappa shape index (κ1) is 41.4. The SMILES string of the molecule is C=CC[C@H](C[S@](=O)C(C)(C)C)c1ccc(-c2cccc(-c3cccc(-c4ccc([C@H](CC=C)N[S@](=O)C(C)(C)C)c(OC)n4)c3Cl)c2Cl)nc1OC. The van der Waals surface area contributed by atoms with Crippen LogP contribution >= 0.6 is 23.2 Å². The molecule has 4 atom stereocenters. The third-order valence-corrected chi connectivity index (χ3v) is 13.0. The summed E-state index contributed by atoms with van der Waals surface area (Å²) >= 11 is 14.3. The molecule has 0 amide bonds. The number of pyridine rings is 2. The molecule has 0 saturated carbocycles. The van der Waals surface area contributed by atoms with Gasteiger partial charge in [0.2, 0.25) is 11.8 Å². The van der Waals surface area contributed by atoms with E-state index in [9.17, 15) is 8.42 Å². The Labute approximate surface area is 324 Å². The van der Waals surface area contributed by atoms with E-state index in [0.29, 0.717) is 62.9 Å². The van der Waals surface area contributed by atoms with E-state index in [1.54, 1.807) is 20.3 Å². The number of hydrogen-bond donors (Lipinski definition) is 1. The smallest absolute Gasteiger partial charge is 0.218 e. The lowest BCUT2D eigenvalue weighted by atomic mass is 9.96. The summed E-state index contributed by atoms with van der Waals surface area (Å²) in [6, 6.07) is 18.8. The molecule has 0 saturated heterocycles. The Morgan fingerprint density at radius 3 is 1.62 bits per heavy atom. The molecule has 1 N–H and O–H groups in total. The molecule has 4 rings (SSSR count). The fourth-order valence-electron chi connectivity index (χ4n) is 5.61. The molecule has 0 fully saturated rings. The van der Waals surface area contributed by atoms with Crippen molar-refractivity contribution in [1.82, 2.24) is 14.7 Å². The van der Waals surface area contributed by atoms with Crippen LogP contribution in [-0.4, -0.2) is 47.9 Å². The zero-order valence-electron chi connectivity index (χ0n) is 31.2. The fourth-order valence-corrected chi connectivity index (χ4v) is 8.28. The van der Waals surface area contributed by atoms with Crippen LogP contribution in [0.4, 0.5) is 0 Å². The molecule has 0 aliphatic rings. The summed E-state index contributed by atoms with van der Waals surface area (Å²) in [6.45, 7) is 19.5. The minimum Gasteiger partial charge on any atom is -0.481 e. The van der Waals surface area contributed by atoms with Gasteiger partial charge < -0.3 is 9.47 Å². The zero-order chi connectivity index (χ0) is 38.4. The predicted octanol–water partition coefficient (Wildman–Crippen LogP) is 10.7. The maximum absolute atomic E-state index is 13.1. The molecule has 2 heterocycles. The van der Waals surface area contributed by atoms with Gasteiger partial charge in [0.15, 0.2) is 0 Å². The lowest BCUT2D eigenvalue weighted by molar-refractivity contribution is 0.387. The molecule has 0 unspecified atom stereocenters. The number of allylic oxidation sites excluding steroid dienone is 1. The van der Waals surface area contributed by atoms with Crippen molar-refractivity contribution in [3.63, 3.8) is 0 Å². The largest absolute Gasteiger partial charge is 0.481 e.